The molecule has 0 bridgehead atoms. The number of aromatic nitrogens is 2. The average molecular weight is 295 g/mol. The molecule has 0 unspecified atom stereocenters. The minimum Gasteiger partial charge on any atom is -0.353 e. The van der Waals surface area contributed by atoms with E-state index in [2.05, 4.69) is 16.9 Å². The van der Waals surface area contributed by atoms with Crippen LogP contribution in [0.4, 0.5) is 5.82 Å². The van der Waals surface area contributed by atoms with Gasteiger partial charge in [0.15, 0.2) is 11.4 Å². The van der Waals surface area contributed by atoms with Crippen molar-refractivity contribution >= 4 is 5.82 Å². The molecule has 2 aromatic rings. The number of likely N-dealkylation sites (N-methyl/N-ethyl adjacent to an activating group) is 1. The van der Waals surface area contributed by atoms with Crippen LogP contribution in [0.1, 0.15) is 5.56 Å². The molecule has 1 aromatic carbocycles. The van der Waals surface area contributed by atoms with Gasteiger partial charge < -0.3 is 9.80 Å². The lowest BCUT2D eigenvalue weighted by molar-refractivity contribution is 0.312. The lowest BCUT2D eigenvalue weighted by Gasteiger charge is -2.33. The van der Waals surface area contributed by atoms with Crippen LogP contribution >= 0.6 is 0 Å². The Balaban J connectivity index is 2.03. The van der Waals surface area contributed by atoms with Gasteiger partial charge in [0.25, 0.3) is 5.56 Å². The predicted molar refractivity (Wildman–Crippen MR) is 84.3 cm³/mol. The summed E-state index contributed by atoms with van der Waals surface area (Å²) < 4.78 is 1.41. The van der Waals surface area contributed by atoms with Crippen LogP contribution in [0.15, 0.2) is 41.5 Å². The third kappa shape index (κ3) is 2.59. The Morgan fingerprint density at radius 2 is 1.82 bits per heavy atom. The van der Waals surface area contributed by atoms with Crippen LogP contribution in [-0.4, -0.2) is 47.7 Å². The number of para-hydroxylation sites is 1. The Morgan fingerprint density at radius 3 is 2.45 bits per heavy atom. The van der Waals surface area contributed by atoms with E-state index in [0.29, 0.717) is 11.5 Å². The fourth-order valence-electron chi connectivity index (χ4n) is 2.57. The number of hydrogen-bond donors (Lipinski definition) is 0. The molecule has 22 heavy (non-hydrogen) atoms. The quantitative estimate of drug-likeness (QED) is 0.822. The molecule has 2 heterocycles. The van der Waals surface area contributed by atoms with E-state index < -0.39 is 0 Å². The first-order valence-electron chi connectivity index (χ1n) is 7.21. The zero-order valence-electron chi connectivity index (χ0n) is 12.4. The van der Waals surface area contributed by atoms with E-state index in [1.54, 1.807) is 0 Å². The summed E-state index contributed by atoms with van der Waals surface area (Å²) in [5.74, 6) is 0.493. The van der Waals surface area contributed by atoms with E-state index >= 15 is 0 Å². The van der Waals surface area contributed by atoms with Crippen molar-refractivity contribution in [2.75, 3.05) is 38.1 Å². The molecule has 3 rings (SSSR count). The van der Waals surface area contributed by atoms with Gasteiger partial charge in [-0.05, 0) is 19.2 Å². The molecule has 1 fully saturated rings. The SMILES string of the molecule is CN1CCN(c2ncn(-c3ccccc3)c(=O)c2C#N)CC1. The Kier molecular flexibility index (Phi) is 3.90. The number of piperazine rings is 1. The van der Waals surface area contributed by atoms with E-state index in [0.717, 1.165) is 26.2 Å². The maximum absolute atomic E-state index is 12.6. The molecule has 1 aliphatic rings. The Labute approximate surface area is 128 Å². The van der Waals surface area contributed by atoms with Crippen molar-refractivity contribution in [2.45, 2.75) is 0 Å². The van der Waals surface area contributed by atoms with Crippen molar-refractivity contribution in [3.8, 4) is 11.8 Å². The minimum absolute atomic E-state index is 0.107. The third-order valence-electron chi connectivity index (χ3n) is 3.90. The summed E-state index contributed by atoms with van der Waals surface area (Å²) in [5, 5.41) is 9.41. The van der Waals surface area contributed by atoms with Crippen molar-refractivity contribution < 1.29 is 0 Å². The van der Waals surface area contributed by atoms with E-state index in [-0.39, 0.29) is 11.1 Å². The second-order valence-corrected chi connectivity index (χ2v) is 5.36. The summed E-state index contributed by atoms with van der Waals surface area (Å²) in [6.07, 6.45) is 1.51. The summed E-state index contributed by atoms with van der Waals surface area (Å²) in [4.78, 5) is 21.2. The van der Waals surface area contributed by atoms with Gasteiger partial charge in [-0.1, -0.05) is 18.2 Å². The summed E-state index contributed by atoms with van der Waals surface area (Å²) >= 11 is 0. The first kappa shape index (κ1) is 14.3. The van der Waals surface area contributed by atoms with Crippen LogP contribution in [0.2, 0.25) is 0 Å². The number of anilines is 1. The average Bonchev–Trinajstić information content (AvgIpc) is 2.56. The van der Waals surface area contributed by atoms with E-state index in [9.17, 15) is 10.1 Å². The van der Waals surface area contributed by atoms with Gasteiger partial charge >= 0.3 is 0 Å². The summed E-state index contributed by atoms with van der Waals surface area (Å²) in [7, 11) is 2.06. The largest absolute Gasteiger partial charge is 0.353 e. The molecule has 1 saturated heterocycles. The van der Waals surface area contributed by atoms with Crippen molar-refractivity contribution in [3.05, 3.63) is 52.6 Å². The van der Waals surface area contributed by atoms with Crippen LogP contribution < -0.4 is 10.5 Å². The maximum atomic E-state index is 12.6. The Bertz CT molecular complexity index is 754. The van der Waals surface area contributed by atoms with E-state index in [1.165, 1.54) is 10.9 Å². The summed E-state index contributed by atoms with van der Waals surface area (Å²) in [5.41, 5.74) is 0.495. The zero-order chi connectivity index (χ0) is 15.5. The topological polar surface area (TPSA) is 65.2 Å². The molecule has 0 saturated carbocycles. The van der Waals surface area contributed by atoms with Crippen LogP contribution in [0.5, 0.6) is 0 Å². The molecule has 0 amide bonds. The standard InChI is InChI=1S/C16H17N5O/c1-19-7-9-20(10-8-19)15-14(11-17)16(22)21(12-18-15)13-5-3-2-4-6-13/h2-6,12H,7-10H2,1H3. The molecule has 0 radical (unpaired) electrons. The Hall–Kier alpha value is -2.65. The highest BCUT2D eigenvalue weighted by molar-refractivity contribution is 5.53. The number of benzene rings is 1. The molecule has 6 heteroatoms. The minimum atomic E-state index is -0.322. The number of nitrogens with zero attached hydrogens (tertiary/aromatic N) is 5. The molecule has 1 aliphatic heterocycles. The summed E-state index contributed by atoms with van der Waals surface area (Å²) in [6.45, 7) is 3.34. The highest BCUT2D eigenvalue weighted by Gasteiger charge is 2.21. The smallest absolute Gasteiger partial charge is 0.278 e. The lowest BCUT2D eigenvalue weighted by atomic mass is 10.2. The van der Waals surface area contributed by atoms with Crippen molar-refractivity contribution in [1.82, 2.24) is 14.5 Å². The molecule has 6 nitrogen and oxygen atoms in total. The van der Waals surface area contributed by atoms with Crippen LogP contribution in [0.3, 0.4) is 0 Å². The number of rotatable bonds is 2. The van der Waals surface area contributed by atoms with Gasteiger partial charge in [0, 0.05) is 26.2 Å². The van der Waals surface area contributed by atoms with Gasteiger partial charge in [-0.25, -0.2) is 4.98 Å². The predicted octanol–water partition coefficient (Wildman–Crippen LogP) is 0.856. The Morgan fingerprint density at radius 1 is 1.14 bits per heavy atom. The van der Waals surface area contributed by atoms with Crippen LogP contribution in [0, 0.1) is 11.3 Å². The van der Waals surface area contributed by atoms with Gasteiger partial charge in [0.1, 0.15) is 12.4 Å². The molecule has 0 spiro atoms. The van der Waals surface area contributed by atoms with Gasteiger partial charge in [0.2, 0.25) is 0 Å². The van der Waals surface area contributed by atoms with Crippen LogP contribution in [-0.2, 0) is 0 Å². The third-order valence-corrected chi connectivity index (χ3v) is 3.90. The fourth-order valence-corrected chi connectivity index (χ4v) is 2.57. The first-order chi connectivity index (χ1) is 10.7. The van der Waals surface area contributed by atoms with Crippen LogP contribution in [0.25, 0.3) is 5.69 Å². The summed E-state index contributed by atoms with van der Waals surface area (Å²) in [6, 6.07) is 11.2. The highest BCUT2D eigenvalue weighted by Crippen LogP contribution is 2.16. The van der Waals surface area contributed by atoms with Gasteiger partial charge in [0.05, 0.1) is 5.69 Å². The fraction of sp³-hybridized carbons (Fsp3) is 0.312. The van der Waals surface area contributed by atoms with Gasteiger partial charge in [-0.2, -0.15) is 5.26 Å². The van der Waals surface area contributed by atoms with E-state index in [4.69, 9.17) is 0 Å². The molecule has 0 atom stereocenters. The van der Waals surface area contributed by atoms with Gasteiger partial charge in [-0.15, -0.1) is 0 Å². The molecule has 0 aliphatic carbocycles. The monoisotopic (exact) mass is 295 g/mol. The lowest BCUT2D eigenvalue weighted by Crippen LogP contribution is -2.45. The normalized spacial score (nSPS) is 15.5. The molecule has 112 valence electrons. The maximum Gasteiger partial charge on any atom is 0.278 e. The zero-order valence-corrected chi connectivity index (χ0v) is 12.4. The number of hydrogen-bond acceptors (Lipinski definition) is 5. The van der Waals surface area contributed by atoms with E-state index in [1.807, 2.05) is 41.3 Å². The molecular formula is C16H17N5O. The van der Waals surface area contributed by atoms with Crippen molar-refractivity contribution in [1.29, 1.82) is 5.26 Å². The first-order valence-corrected chi connectivity index (χ1v) is 7.21. The second-order valence-electron chi connectivity index (χ2n) is 5.36. The highest BCUT2D eigenvalue weighted by atomic mass is 16.1. The van der Waals surface area contributed by atoms with Gasteiger partial charge in [-0.3, -0.25) is 9.36 Å². The molecule has 1 aromatic heterocycles. The molecular weight excluding hydrogens is 278 g/mol. The van der Waals surface area contributed by atoms with Crippen molar-refractivity contribution in [3.63, 3.8) is 0 Å². The van der Waals surface area contributed by atoms with Crippen molar-refractivity contribution in [2.24, 2.45) is 0 Å². The number of nitriles is 1. The second kappa shape index (κ2) is 6.00. The molecule has 0 N–H and O–H groups in total.